The average Bonchev–Trinajstić information content (AvgIpc) is 2.50. The van der Waals surface area contributed by atoms with Gasteiger partial charge in [0.05, 0.1) is 5.57 Å². The normalized spacial score (nSPS) is 14.1. The van der Waals surface area contributed by atoms with Crippen molar-refractivity contribution in [2.24, 2.45) is 11.7 Å². The van der Waals surface area contributed by atoms with Crippen molar-refractivity contribution in [1.29, 1.82) is 0 Å². The summed E-state index contributed by atoms with van der Waals surface area (Å²) in [4.78, 5) is 34.9. The number of carbonyl (C=O) groups excluding carboxylic acids is 3. The van der Waals surface area contributed by atoms with Crippen LogP contribution in [0, 0.1) is 5.92 Å². The fraction of sp³-hybridized carbons (Fsp3) is 0.312. The topological polar surface area (TPSA) is 108 Å². The number of nitrogens with one attached hydrogen (secondary N) is 1. The molecule has 7 heteroatoms. The van der Waals surface area contributed by atoms with Crippen LogP contribution in [0.1, 0.15) is 19.4 Å². The number of imide groups is 1. The molecule has 0 spiro atoms. The number of hydrogen-bond acceptors (Lipinski definition) is 5. The first-order valence-electron chi connectivity index (χ1n) is 7.12. The third-order valence-corrected chi connectivity index (χ3v) is 3.24. The van der Waals surface area contributed by atoms with Crippen molar-refractivity contribution in [3.8, 4) is 5.75 Å². The standard InChI is InChI=1S/C16H18N2O5/c1-9(2)13(14(19)18-16(17)21)23-15(20)11-7-10-5-3-4-6-12(10)22-8-11/h3-7,9,13H,8H2,1-2H3,(H3,17,18,19,21). The lowest BCUT2D eigenvalue weighted by molar-refractivity contribution is -0.154. The predicted octanol–water partition coefficient (Wildman–Crippen LogP) is 1.23. The number of benzene rings is 1. The lowest BCUT2D eigenvalue weighted by Gasteiger charge is -2.22. The first kappa shape index (κ1) is 16.5. The molecule has 1 atom stereocenters. The summed E-state index contributed by atoms with van der Waals surface area (Å²) in [6.07, 6.45) is 0.540. The van der Waals surface area contributed by atoms with E-state index in [-0.39, 0.29) is 12.5 Å². The molecule has 0 aromatic heterocycles. The second-order valence-electron chi connectivity index (χ2n) is 5.42. The van der Waals surface area contributed by atoms with Crippen molar-refractivity contribution in [3.63, 3.8) is 0 Å². The van der Waals surface area contributed by atoms with E-state index in [0.717, 1.165) is 5.56 Å². The molecule has 23 heavy (non-hydrogen) atoms. The molecule has 0 bridgehead atoms. The van der Waals surface area contributed by atoms with Crippen molar-refractivity contribution >= 4 is 24.0 Å². The summed E-state index contributed by atoms with van der Waals surface area (Å²) in [7, 11) is 0. The zero-order chi connectivity index (χ0) is 17.0. The van der Waals surface area contributed by atoms with Crippen LogP contribution in [0.4, 0.5) is 4.79 Å². The van der Waals surface area contributed by atoms with E-state index in [1.54, 1.807) is 26.0 Å². The minimum atomic E-state index is -1.12. The molecular weight excluding hydrogens is 300 g/mol. The summed E-state index contributed by atoms with van der Waals surface area (Å²) in [6.45, 7) is 3.44. The number of ether oxygens (including phenoxy) is 2. The van der Waals surface area contributed by atoms with Gasteiger partial charge in [0, 0.05) is 5.56 Å². The number of nitrogens with two attached hydrogens (primary N) is 1. The van der Waals surface area contributed by atoms with Gasteiger partial charge in [-0.3, -0.25) is 10.1 Å². The summed E-state index contributed by atoms with van der Waals surface area (Å²) in [5.41, 5.74) is 5.97. The Morgan fingerprint density at radius 1 is 1.26 bits per heavy atom. The summed E-state index contributed by atoms with van der Waals surface area (Å²) >= 11 is 0. The summed E-state index contributed by atoms with van der Waals surface area (Å²) in [5, 5.41) is 1.92. The van der Waals surface area contributed by atoms with Crippen molar-refractivity contribution in [1.82, 2.24) is 5.32 Å². The zero-order valence-corrected chi connectivity index (χ0v) is 12.9. The zero-order valence-electron chi connectivity index (χ0n) is 12.9. The van der Waals surface area contributed by atoms with Crippen LogP contribution in [0.3, 0.4) is 0 Å². The quantitative estimate of drug-likeness (QED) is 0.812. The Morgan fingerprint density at radius 3 is 2.61 bits per heavy atom. The second kappa shape index (κ2) is 6.95. The van der Waals surface area contributed by atoms with Crippen LogP contribution >= 0.6 is 0 Å². The molecule has 1 heterocycles. The maximum atomic E-state index is 12.2. The molecule has 0 radical (unpaired) electrons. The molecule has 1 aliphatic heterocycles. The number of rotatable bonds is 4. The van der Waals surface area contributed by atoms with E-state index in [1.165, 1.54) is 0 Å². The van der Waals surface area contributed by atoms with E-state index in [9.17, 15) is 14.4 Å². The molecule has 0 fully saturated rings. The number of primary amides is 1. The molecule has 3 amide bonds. The molecule has 1 aliphatic rings. The molecule has 0 saturated heterocycles. The van der Waals surface area contributed by atoms with Gasteiger partial charge in [-0.05, 0) is 18.1 Å². The first-order chi connectivity index (χ1) is 10.9. The monoisotopic (exact) mass is 318 g/mol. The largest absolute Gasteiger partial charge is 0.488 e. The van der Waals surface area contributed by atoms with Gasteiger partial charge in [-0.15, -0.1) is 0 Å². The maximum absolute atomic E-state index is 12.2. The summed E-state index contributed by atoms with van der Waals surface area (Å²) in [6, 6.07) is 6.27. The van der Waals surface area contributed by atoms with Crippen LogP contribution in [0.2, 0.25) is 0 Å². The summed E-state index contributed by atoms with van der Waals surface area (Å²) < 4.78 is 10.7. The maximum Gasteiger partial charge on any atom is 0.338 e. The lowest BCUT2D eigenvalue weighted by atomic mass is 10.1. The van der Waals surface area contributed by atoms with Gasteiger partial charge in [-0.2, -0.15) is 0 Å². The van der Waals surface area contributed by atoms with E-state index < -0.39 is 24.0 Å². The fourth-order valence-corrected chi connectivity index (χ4v) is 2.11. The first-order valence-corrected chi connectivity index (χ1v) is 7.12. The van der Waals surface area contributed by atoms with Gasteiger partial charge < -0.3 is 15.2 Å². The lowest BCUT2D eigenvalue weighted by Crippen LogP contribution is -2.45. The molecule has 0 aliphatic carbocycles. The van der Waals surface area contributed by atoms with Crippen LogP contribution in [0.15, 0.2) is 29.8 Å². The molecule has 1 aromatic carbocycles. The Balaban J connectivity index is 2.12. The SMILES string of the molecule is CC(C)C(OC(=O)C1=Cc2ccccc2OC1)C(=O)NC(N)=O. The van der Waals surface area contributed by atoms with Crippen LogP contribution in [0.25, 0.3) is 6.08 Å². The molecular formula is C16H18N2O5. The van der Waals surface area contributed by atoms with E-state index in [2.05, 4.69) is 0 Å². The van der Waals surface area contributed by atoms with Gasteiger partial charge in [0.1, 0.15) is 12.4 Å². The van der Waals surface area contributed by atoms with Gasteiger partial charge in [0.25, 0.3) is 5.91 Å². The number of fused-ring (bicyclic) bond motifs is 1. The highest BCUT2D eigenvalue weighted by Crippen LogP contribution is 2.26. The van der Waals surface area contributed by atoms with E-state index in [4.69, 9.17) is 15.2 Å². The Bertz CT molecular complexity index is 666. The number of esters is 1. The highest BCUT2D eigenvalue weighted by molar-refractivity contribution is 5.99. The number of urea groups is 1. The number of para-hydroxylation sites is 1. The number of carbonyl (C=O) groups is 3. The van der Waals surface area contributed by atoms with Crippen molar-refractivity contribution < 1.29 is 23.9 Å². The number of amides is 3. The van der Waals surface area contributed by atoms with Gasteiger partial charge in [0.15, 0.2) is 6.10 Å². The van der Waals surface area contributed by atoms with Crippen molar-refractivity contribution in [2.45, 2.75) is 20.0 Å². The Labute approximate surface area is 133 Å². The predicted molar refractivity (Wildman–Crippen MR) is 82.4 cm³/mol. The molecule has 2 rings (SSSR count). The van der Waals surface area contributed by atoms with E-state index >= 15 is 0 Å². The molecule has 3 N–H and O–H groups in total. The molecule has 1 unspecified atom stereocenters. The minimum absolute atomic E-state index is 0.0537. The van der Waals surface area contributed by atoms with Crippen LogP contribution in [-0.4, -0.2) is 30.6 Å². The second-order valence-corrected chi connectivity index (χ2v) is 5.42. The third-order valence-electron chi connectivity index (χ3n) is 3.24. The van der Waals surface area contributed by atoms with Gasteiger partial charge in [0.2, 0.25) is 0 Å². The smallest absolute Gasteiger partial charge is 0.338 e. The molecule has 7 nitrogen and oxygen atoms in total. The van der Waals surface area contributed by atoms with Gasteiger partial charge in [-0.1, -0.05) is 32.0 Å². The minimum Gasteiger partial charge on any atom is -0.488 e. The Morgan fingerprint density at radius 2 is 1.96 bits per heavy atom. The summed E-state index contributed by atoms with van der Waals surface area (Å²) in [5.74, 6) is -1.07. The number of hydrogen-bond donors (Lipinski definition) is 2. The molecule has 1 aromatic rings. The highest BCUT2D eigenvalue weighted by Gasteiger charge is 2.29. The van der Waals surface area contributed by atoms with Crippen LogP contribution < -0.4 is 15.8 Å². The highest BCUT2D eigenvalue weighted by atomic mass is 16.6. The Hall–Kier alpha value is -2.83. The molecule has 0 saturated carbocycles. The van der Waals surface area contributed by atoms with E-state index in [1.807, 2.05) is 23.5 Å². The van der Waals surface area contributed by atoms with E-state index in [0.29, 0.717) is 11.3 Å². The van der Waals surface area contributed by atoms with Gasteiger partial charge in [-0.25, -0.2) is 9.59 Å². The van der Waals surface area contributed by atoms with Crippen molar-refractivity contribution in [2.75, 3.05) is 6.61 Å². The van der Waals surface area contributed by atoms with Crippen molar-refractivity contribution in [3.05, 3.63) is 35.4 Å². The average molecular weight is 318 g/mol. The van der Waals surface area contributed by atoms with Crippen LogP contribution in [-0.2, 0) is 14.3 Å². The molecule has 122 valence electrons. The van der Waals surface area contributed by atoms with Crippen LogP contribution in [0.5, 0.6) is 5.75 Å². The Kier molecular flexibility index (Phi) is 5.00. The third kappa shape index (κ3) is 4.09. The van der Waals surface area contributed by atoms with Gasteiger partial charge >= 0.3 is 12.0 Å². The fourth-order valence-electron chi connectivity index (χ4n) is 2.11.